The van der Waals surface area contributed by atoms with E-state index in [0.29, 0.717) is 10.6 Å². The summed E-state index contributed by atoms with van der Waals surface area (Å²) < 4.78 is 1.12. The molecule has 1 aromatic carbocycles. The van der Waals surface area contributed by atoms with Crippen LogP contribution in [0.3, 0.4) is 0 Å². The average molecular weight is 450 g/mol. The van der Waals surface area contributed by atoms with Crippen molar-refractivity contribution in [3.63, 3.8) is 0 Å². The largest absolute Gasteiger partial charge is 0.347 e. The van der Waals surface area contributed by atoms with Gasteiger partial charge in [0.2, 0.25) is 0 Å². The second kappa shape index (κ2) is 7.30. The first kappa shape index (κ1) is 18.7. The van der Waals surface area contributed by atoms with Gasteiger partial charge in [0.1, 0.15) is 14.7 Å². The minimum Gasteiger partial charge on any atom is -0.347 e. The number of piperidine rings is 1. The monoisotopic (exact) mass is 449 g/mol. The lowest BCUT2D eigenvalue weighted by atomic mass is 10.1. The van der Waals surface area contributed by atoms with Crippen LogP contribution in [0.1, 0.15) is 22.5 Å². The molecule has 156 valence electrons. The Bertz CT molecular complexity index is 1310. The molecule has 0 aliphatic carbocycles. The number of amides is 3. The third-order valence-electron chi connectivity index (χ3n) is 5.72. The number of carbonyl (C=O) groups is 2. The lowest BCUT2D eigenvalue weighted by molar-refractivity contribution is 0.0935. The van der Waals surface area contributed by atoms with Crippen LogP contribution < -0.4 is 20.9 Å². The van der Waals surface area contributed by atoms with Gasteiger partial charge < -0.3 is 16.0 Å². The molecule has 1 saturated heterocycles. The summed E-state index contributed by atoms with van der Waals surface area (Å²) in [5.74, 6) is -0.159. The van der Waals surface area contributed by atoms with E-state index < -0.39 is 0 Å². The number of rotatable bonds is 3. The Morgan fingerprint density at radius 1 is 1.23 bits per heavy atom. The number of pyridine rings is 1. The van der Waals surface area contributed by atoms with Crippen LogP contribution >= 0.6 is 22.7 Å². The highest BCUT2D eigenvalue weighted by molar-refractivity contribution is 7.23. The number of hydrogen-bond acceptors (Lipinski definition) is 6. The molecule has 2 aliphatic rings. The highest BCUT2D eigenvalue weighted by atomic mass is 32.1. The van der Waals surface area contributed by atoms with Gasteiger partial charge in [-0.15, -0.1) is 22.7 Å². The van der Waals surface area contributed by atoms with Gasteiger partial charge in [0, 0.05) is 23.5 Å². The first-order valence-electron chi connectivity index (χ1n) is 10.2. The smallest absolute Gasteiger partial charge is 0.331 e. The molecule has 0 spiro atoms. The summed E-state index contributed by atoms with van der Waals surface area (Å²) in [6.07, 6.45) is 3.69. The molecule has 0 saturated carbocycles. The quantitative estimate of drug-likeness (QED) is 0.424. The zero-order chi connectivity index (χ0) is 20.9. The van der Waals surface area contributed by atoms with Crippen LogP contribution in [0.4, 0.5) is 21.2 Å². The standard InChI is InChI=1S/C22H19N5O2S2/c28-20(25-13-5-3-8-23-11-13)19-18-17-14(7-9-24-21(17)31-19)27(22(29)26-18)16-10-12-4-1-2-6-15(12)30-16/h1-2,4,6-7,9-10,13,23H,3,5,8,11H2,(H,25,28)(H,26,29). The second-order valence-electron chi connectivity index (χ2n) is 7.72. The topological polar surface area (TPSA) is 86.4 Å². The van der Waals surface area contributed by atoms with Gasteiger partial charge in [-0.25, -0.2) is 9.78 Å². The van der Waals surface area contributed by atoms with Crippen LogP contribution in [0.2, 0.25) is 0 Å². The number of aromatic nitrogens is 1. The minimum atomic E-state index is -0.265. The fraction of sp³-hybridized carbons (Fsp3) is 0.227. The number of anilines is 3. The number of nitrogens with one attached hydrogen (secondary N) is 3. The van der Waals surface area contributed by atoms with Crippen molar-refractivity contribution in [3.05, 3.63) is 47.5 Å². The Labute approximate surface area is 186 Å². The van der Waals surface area contributed by atoms with Crippen LogP contribution in [0, 0.1) is 0 Å². The van der Waals surface area contributed by atoms with Crippen LogP contribution in [-0.4, -0.2) is 36.1 Å². The number of urea groups is 1. The molecule has 3 N–H and O–H groups in total. The molecule has 2 aliphatic heterocycles. The molecule has 0 bridgehead atoms. The van der Waals surface area contributed by atoms with E-state index in [1.807, 2.05) is 36.4 Å². The average Bonchev–Trinajstić information content (AvgIpc) is 3.37. The van der Waals surface area contributed by atoms with E-state index in [1.54, 1.807) is 22.4 Å². The van der Waals surface area contributed by atoms with Crippen molar-refractivity contribution in [2.45, 2.75) is 18.9 Å². The normalized spacial score (nSPS) is 18.4. The van der Waals surface area contributed by atoms with Gasteiger partial charge >= 0.3 is 6.03 Å². The number of hydrogen-bond donors (Lipinski definition) is 3. The Kier molecular flexibility index (Phi) is 4.41. The fourth-order valence-corrected chi connectivity index (χ4v) is 6.36. The summed E-state index contributed by atoms with van der Waals surface area (Å²) in [7, 11) is 0. The number of thiophene rings is 2. The molecule has 5 heterocycles. The molecular formula is C22H19N5O2S2. The first-order valence-corrected chi connectivity index (χ1v) is 11.8. The molecule has 7 nitrogen and oxygen atoms in total. The highest BCUT2D eigenvalue weighted by Crippen LogP contribution is 2.47. The maximum atomic E-state index is 13.2. The molecule has 3 aromatic heterocycles. The Hall–Kier alpha value is -3.01. The van der Waals surface area contributed by atoms with E-state index >= 15 is 0 Å². The third kappa shape index (κ3) is 3.08. The molecule has 6 rings (SSSR count). The van der Waals surface area contributed by atoms with Gasteiger partial charge in [-0.3, -0.25) is 9.69 Å². The molecule has 0 radical (unpaired) electrons. The highest BCUT2D eigenvalue weighted by Gasteiger charge is 2.33. The Balaban J connectivity index is 1.43. The summed E-state index contributed by atoms with van der Waals surface area (Å²) in [4.78, 5) is 33.7. The zero-order valence-corrected chi connectivity index (χ0v) is 18.1. The van der Waals surface area contributed by atoms with Gasteiger partial charge in [0.15, 0.2) is 0 Å². The number of fused-ring (bicyclic) bond motifs is 1. The maximum absolute atomic E-state index is 13.2. The predicted octanol–water partition coefficient (Wildman–Crippen LogP) is 4.68. The van der Waals surface area contributed by atoms with E-state index in [9.17, 15) is 9.59 Å². The molecule has 1 atom stereocenters. The van der Waals surface area contributed by atoms with Gasteiger partial charge in [0.25, 0.3) is 5.91 Å². The zero-order valence-electron chi connectivity index (χ0n) is 16.5. The van der Waals surface area contributed by atoms with Crippen LogP contribution in [0.15, 0.2) is 42.6 Å². The van der Waals surface area contributed by atoms with Gasteiger partial charge in [0.05, 0.1) is 16.8 Å². The minimum absolute atomic E-state index is 0.0976. The van der Waals surface area contributed by atoms with E-state index in [1.165, 1.54) is 11.3 Å². The van der Waals surface area contributed by atoms with E-state index in [2.05, 4.69) is 20.9 Å². The van der Waals surface area contributed by atoms with Crippen molar-refractivity contribution < 1.29 is 9.59 Å². The first-order chi connectivity index (χ1) is 15.2. The number of carbonyl (C=O) groups excluding carboxylic acids is 2. The molecular weight excluding hydrogens is 430 g/mol. The summed E-state index contributed by atoms with van der Waals surface area (Å²) in [6.45, 7) is 1.75. The van der Waals surface area contributed by atoms with Crippen LogP contribution in [0.5, 0.6) is 0 Å². The molecule has 3 amide bonds. The van der Waals surface area contributed by atoms with Crippen molar-refractivity contribution >= 4 is 71.3 Å². The number of benzene rings is 1. The summed E-state index contributed by atoms with van der Waals surface area (Å²) in [6, 6.07) is 11.8. The van der Waals surface area contributed by atoms with Gasteiger partial charge in [-0.05, 0) is 43.0 Å². The predicted molar refractivity (Wildman–Crippen MR) is 126 cm³/mol. The van der Waals surface area contributed by atoms with E-state index in [0.717, 1.165) is 56.9 Å². The third-order valence-corrected chi connectivity index (χ3v) is 7.91. The Morgan fingerprint density at radius 2 is 2.13 bits per heavy atom. The lowest BCUT2D eigenvalue weighted by Gasteiger charge is -2.27. The van der Waals surface area contributed by atoms with Crippen molar-refractivity contribution in [1.29, 1.82) is 0 Å². The molecule has 31 heavy (non-hydrogen) atoms. The molecule has 9 heteroatoms. The van der Waals surface area contributed by atoms with E-state index in [-0.39, 0.29) is 18.0 Å². The van der Waals surface area contributed by atoms with Gasteiger partial charge in [-0.2, -0.15) is 0 Å². The van der Waals surface area contributed by atoms with Crippen molar-refractivity contribution in [2.24, 2.45) is 0 Å². The number of nitrogens with zero attached hydrogens (tertiary/aromatic N) is 2. The maximum Gasteiger partial charge on any atom is 0.331 e. The SMILES string of the molecule is O=C(NC1CCCNC1)c1sc2nccc3c2c1NC(=O)N3c1cc2ccccc2s1. The summed E-state index contributed by atoms with van der Waals surface area (Å²) in [5.41, 5.74) is 1.32. The molecule has 1 unspecified atom stereocenters. The van der Waals surface area contributed by atoms with Crippen LogP contribution in [-0.2, 0) is 0 Å². The molecule has 4 aromatic rings. The van der Waals surface area contributed by atoms with E-state index in [4.69, 9.17) is 0 Å². The van der Waals surface area contributed by atoms with Crippen molar-refractivity contribution in [3.8, 4) is 0 Å². The van der Waals surface area contributed by atoms with Crippen molar-refractivity contribution in [1.82, 2.24) is 15.6 Å². The summed E-state index contributed by atoms with van der Waals surface area (Å²) in [5, 5.41) is 12.1. The summed E-state index contributed by atoms with van der Waals surface area (Å²) >= 11 is 2.89. The lowest BCUT2D eigenvalue weighted by Crippen LogP contribution is -2.45. The van der Waals surface area contributed by atoms with Crippen LogP contribution in [0.25, 0.3) is 20.3 Å². The molecule has 1 fully saturated rings. The Morgan fingerprint density at radius 3 is 2.97 bits per heavy atom. The van der Waals surface area contributed by atoms with Crippen molar-refractivity contribution in [2.75, 3.05) is 23.3 Å². The fourth-order valence-electron chi connectivity index (χ4n) is 4.27. The van der Waals surface area contributed by atoms with Gasteiger partial charge in [-0.1, -0.05) is 18.2 Å². The second-order valence-corrected chi connectivity index (χ2v) is 9.78.